The molecule has 71 heavy (non-hydrogen) atoms. The number of rotatable bonds is 9. The van der Waals surface area contributed by atoms with Gasteiger partial charge in [0.25, 0.3) is 0 Å². The molecule has 12 aromatic rings. The minimum absolute atomic E-state index is 0.107. The molecule has 0 N–H and O–H groups in total. The second-order valence-corrected chi connectivity index (χ2v) is 19.3. The van der Waals surface area contributed by atoms with E-state index in [0.717, 1.165) is 22.7 Å². The molecule has 0 aliphatic heterocycles. The van der Waals surface area contributed by atoms with Crippen molar-refractivity contribution in [1.82, 2.24) is 4.57 Å². The van der Waals surface area contributed by atoms with E-state index in [-0.39, 0.29) is 5.41 Å². The molecular weight excluding hydrogens is 857 g/mol. The van der Waals surface area contributed by atoms with Crippen LogP contribution < -0.4 is 4.90 Å². The smallest absolute Gasteiger partial charge is 0.0541 e. The van der Waals surface area contributed by atoms with Gasteiger partial charge in [0.15, 0.2) is 0 Å². The standard InChI is InChI=1S/C69H50N2/c1-69(2)64-24-14-12-23-60(64)61-41-40-58(46-65(61)69)70(56-36-30-51(31-37-56)47-16-6-3-7-17-47)57-38-32-52(33-39-57)50-26-28-53(29-27-50)59-22-13-15-25-66(59)71-67-42-34-54(48-18-8-4-9-19-48)44-62(67)63-45-55(35-43-68(63)71)49-20-10-5-11-21-49/h3-46H,1-2H3. The lowest BCUT2D eigenvalue weighted by Gasteiger charge is -2.28. The third kappa shape index (κ3) is 7.35. The van der Waals surface area contributed by atoms with Gasteiger partial charge < -0.3 is 9.47 Å². The van der Waals surface area contributed by atoms with E-state index in [0.29, 0.717) is 0 Å². The molecule has 0 amide bonds. The molecule has 0 bridgehead atoms. The molecule has 0 radical (unpaired) electrons. The topological polar surface area (TPSA) is 8.17 Å². The summed E-state index contributed by atoms with van der Waals surface area (Å²) in [4.78, 5) is 2.40. The van der Waals surface area contributed by atoms with E-state index in [1.165, 1.54) is 99.7 Å². The van der Waals surface area contributed by atoms with Crippen LogP contribution in [0.15, 0.2) is 267 Å². The molecule has 13 rings (SSSR count). The SMILES string of the molecule is CC1(C)c2ccccc2-c2ccc(N(c3ccc(-c4ccccc4)cc3)c3ccc(-c4ccc(-c5ccccc5-n5c6ccc(-c7ccccc7)cc6c6cc(-c7ccccc7)ccc65)cc4)cc3)cc21. The Bertz CT molecular complexity index is 3810. The summed E-state index contributed by atoms with van der Waals surface area (Å²) in [6.07, 6.45) is 0. The van der Waals surface area contributed by atoms with Crippen molar-refractivity contribution >= 4 is 38.9 Å². The van der Waals surface area contributed by atoms with Crippen LogP contribution in [0.2, 0.25) is 0 Å². The second kappa shape index (κ2) is 17.2. The highest BCUT2D eigenvalue weighted by atomic mass is 15.1. The molecule has 1 aliphatic rings. The molecule has 2 nitrogen and oxygen atoms in total. The monoisotopic (exact) mass is 906 g/mol. The van der Waals surface area contributed by atoms with Crippen LogP contribution in [0.4, 0.5) is 17.1 Å². The van der Waals surface area contributed by atoms with E-state index in [1.54, 1.807) is 0 Å². The molecular formula is C69H50N2. The van der Waals surface area contributed by atoms with Crippen LogP contribution in [-0.4, -0.2) is 4.57 Å². The summed E-state index contributed by atoms with van der Waals surface area (Å²) >= 11 is 0. The number of aromatic nitrogens is 1. The van der Waals surface area contributed by atoms with Crippen molar-refractivity contribution in [2.75, 3.05) is 4.90 Å². The van der Waals surface area contributed by atoms with Crippen LogP contribution in [0.1, 0.15) is 25.0 Å². The van der Waals surface area contributed by atoms with Crippen LogP contribution in [-0.2, 0) is 5.41 Å². The predicted octanol–water partition coefficient (Wildman–Crippen LogP) is 18.9. The average Bonchev–Trinajstić information content (AvgIpc) is 3.89. The van der Waals surface area contributed by atoms with Gasteiger partial charge in [-0.25, -0.2) is 0 Å². The Hall–Kier alpha value is -8.98. The summed E-state index contributed by atoms with van der Waals surface area (Å²) in [6, 6.07) is 97.8. The summed E-state index contributed by atoms with van der Waals surface area (Å²) in [5.41, 5.74) is 24.1. The highest BCUT2D eigenvalue weighted by molar-refractivity contribution is 6.12. The number of hydrogen-bond donors (Lipinski definition) is 0. The number of fused-ring (bicyclic) bond motifs is 6. The lowest BCUT2D eigenvalue weighted by Crippen LogP contribution is -2.16. The van der Waals surface area contributed by atoms with Crippen molar-refractivity contribution in [2.45, 2.75) is 19.3 Å². The number of para-hydroxylation sites is 1. The van der Waals surface area contributed by atoms with Gasteiger partial charge in [-0.15, -0.1) is 0 Å². The molecule has 0 unspecified atom stereocenters. The molecule has 336 valence electrons. The van der Waals surface area contributed by atoms with E-state index < -0.39 is 0 Å². The molecule has 1 heterocycles. The van der Waals surface area contributed by atoms with Crippen LogP contribution >= 0.6 is 0 Å². The van der Waals surface area contributed by atoms with E-state index in [2.05, 4.69) is 290 Å². The zero-order valence-electron chi connectivity index (χ0n) is 39.8. The fraction of sp³-hybridized carbons (Fsp3) is 0.0435. The maximum absolute atomic E-state index is 2.46. The third-order valence-electron chi connectivity index (χ3n) is 14.8. The summed E-state index contributed by atoms with van der Waals surface area (Å²) in [6.45, 7) is 4.71. The maximum atomic E-state index is 2.46. The van der Waals surface area contributed by atoms with Crippen molar-refractivity contribution in [3.05, 3.63) is 278 Å². The largest absolute Gasteiger partial charge is 0.310 e. The first-order valence-electron chi connectivity index (χ1n) is 24.7. The van der Waals surface area contributed by atoms with Gasteiger partial charge in [-0.1, -0.05) is 214 Å². The molecule has 1 aromatic heterocycles. The van der Waals surface area contributed by atoms with Crippen molar-refractivity contribution in [3.8, 4) is 72.4 Å². The normalized spacial score (nSPS) is 12.5. The summed E-state index contributed by atoms with van der Waals surface area (Å²) in [7, 11) is 0. The number of hydrogen-bond acceptors (Lipinski definition) is 1. The van der Waals surface area contributed by atoms with Crippen LogP contribution in [0, 0.1) is 0 Å². The Morgan fingerprint density at radius 1 is 0.282 bits per heavy atom. The van der Waals surface area contributed by atoms with Crippen molar-refractivity contribution in [1.29, 1.82) is 0 Å². The highest BCUT2D eigenvalue weighted by Gasteiger charge is 2.35. The molecule has 1 aliphatic carbocycles. The fourth-order valence-corrected chi connectivity index (χ4v) is 11.2. The van der Waals surface area contributed by atoms with Crippen LogP contribution in [0.3, 0.4) is 0 Å². The maximum Gasteiger partial charge on any atom is 0.0541 e. The number of benzene rings is 11. The number of anilines is 3. The van der Waals surface area contributed by atoms with Crippen molar-refractivity contribution < 1.29 is 0 Å². The minimum atomic E-state index is -0.107. The lowest BCUT2D eigenvalue weighted by atomic mass is 9.82. The quantitative estimate of drug-likeness (QED) is 0.140. The zero-order valence-corrected chi connectivity index (χ0v) is 39.8. The van der Waals surface area contributed by atoms with Gasteiger partial charge in [0, 0.05) is 38.8 Å². The summed E-state index contributed by atoms with van der Waals surface area (Å²) < 4.78 is 2.46. The Balaban J connectivity index is 0.859. The molecule has 2 heteroatoms. The van der Waals surface area contributed by atoms with E-state index >= 15 is 0 Å². The first-order chi connectivity index (χ1) is 35.0. The molecule has 0 atom stereocenters. The van der Waals surface area contributed by atoms with Gasteiger partial charge in [-0.05, 0) is 139 Å². The Kier molecular flexibility index (Phi) is 10.2. The van der Waals surface area contributed by atoms with Crippen molar-refractivity contribution in [2.24, 2.45) is 0 Å². The fourth-order valence-electron chi connectivity index (χ4n) is 11.2. The Morgan fingerprint density at radius 2 is 0.662 bits per heavy atom. The van der Waals surface area contributed by atoms with Gasteiger partial charge >= 0.3 is 0 Å². The Morgan fingerprint density at radius 3 is 1.20 bits per heavy atom. The molecule has 0 saturated heterocycles. The van der Waals surface area contributed by atoms with Crippen LogP contribution in [0.25, 0.3) is 94.3 Å². The first kappa shape index (κ1) is 42.1. The number of nitrogens with zero attached hydrogens (tertiary/aromatic N) is 2. The van der Waals surface area contributed by atoms with E-state index in [4.69, 9.17) is 0 Å². The molecule has 0 fully saturated rings. The van der Waals surface area contributed by atoms with Gasteiger partial charge in [-0.2, -0.15) is 0 Å². The summed E-state index contributed by atoms with van der Waals surface area (Å²) in [5.74, 6) is 0. The van der Waals surface area contributed by atoms with Gasteiger partial charge in [0.05, 0.1) is 16.7 Å². The summed E-state index contributed by atoms with van der Waals surface area (Å²) in [5, 5.41) is 2.47. The Labute approximate surface area is 416 Å². The zero-order chi connectivity index (χ0) is 47.5. The van der Waals surface area contributed by atoms with Gasteiger partial charge in [0.1, 0.15) is 0 Å². The second-order valence-electron chi connectivity index (χ2n) is 19.3. The van der Waals surface area contributed by atoms with Gasteiger partial charge in [0.2, 0.25) is 0 Å². The molecule has 11 aromatic carbocycles. The van der Waals surface area contributed by atoms with Crippen molar-refractivity contribution in [3.63, 3.8) is 0 Å². The van der Waals surface area contributed by atoms with Gasteiger partial charge in [-0.3, -0.25) is 0 Å². The average molecular weight is 907 g/mol. The lowest BCUT2D eigenvalue weighted by molar-refractivity contribution is 0.660. The van der Waals surface area contributed by atoms with Crippen LogP contribution in [0.5, 0.6) is 0 Å². The minimum Gasteiger partial charge on any atom is -0.310 e. The highest BCUT2D eigenvalue weighted by Crippen LogP contribution is 2.51. The first-order valence-corrected chi connectivity index (χ1v) is 24.7. The van der Waals surface area contributed by atoms with E-state index in [9.17, 15) is 0 Å². The molecule has 0 saturated carbocycles. The molecule has 0 spiro atoms. The predicted molar refractivity (Wildman–Crippen MR) is 300 cm³/mol. The van der Waals surface area contributed by atoms with E-state index in [1.807, 2.05) is 0 Å². The third-order valence-corrected chi connectivity index (χ3v) is 14.8.